The van der Waals surface area contributed by atoms with Gasteiger partial charge in [-0.25, -0.2) is 14.4 Å². The number of nitrogens with one attached hydrogen (secondary N) is 1. The molecule has 0 unspecified atom stereocenters. The van der Waals surface area contributed by atoms with Crippen molar-refractivity contribution in [3.05, 3.63) is 73.4 Å². The number of anilines is 1. The van der Waals surface area contributed by atoms with E-state index in [0.29, 0.717) is 22.7 Å². The molecule has 3 aromatic rings. The van der Waals surface area contributed by atoms with Crippen molar-refractivity contribution in [3.8, 4) is 0 Å². The van der Waals surface area contributed by atoms with E-state index >= 15 is 0 Å². The van der Waals surface area contributed by atoms with E-state index in [1.165, 1.54) is 33.0 Å². The fourth-order valence-electron chi connectivity index (χ4n) is 3.75. The number of aromatic nitrogens is 2. The topological polar surface area (TPSA) is 75.1 Å². The molecule has 5 nitrogen and oxygen atoms in total. The number of aliphatic hydroxyl groups is 1. The number of rotatable bonds is 6. The Morgan fingerprint density at radius 2 is 2.20 bits per heavy atom. The molecule has 1 aromatic carbocycles. The van der Waals surface area contributed by atoms with E-state index in [2.05, 4.69) is 50.0 Å². The molecule has 1 saturated carbocycles. The summed E-state index contributed by atoms with van der Waals surface area (Å²) in [4.78, 5) is 21.9. The highest BCUT2D eigenvalue weighted by molar-refractivity contribution is 14.1. The third-order valence-corrected chi connectivity index (χ3v) is 7.02. The number of thiophene rings is 1. The van der Waals surface area contributed by atoms with E-state index < -0.39 is 18.3 Å². The molecule has 2 N–H and O–H groups in total. The fourth-order valence-corrected chi connectivity index (χ4v) is 5.22. The Balaban J connectivity index is 1.52. The lowest BCUT2D eigenvalue weighted by Crippen LogP contribution is -2.32. The zero-order chi connectivity index (χ0) is 21.3. The summed E-state index contributed by atoms with van der Waals surface area (Å²) in [5.74, 6) is -0.0464. The summed E-state index contributed by atoms with van der Waals surface area (Å²) in [6.45, 7) is 1.81. The molecular weight excluding hydrogens is 516 g/mol. The van der Waals surface area contributed by atoms with Crippen LogP contribution in [0.25, 0.3) is 0 Å². The first-order valence-electron chi connectivity index (χ1n) is 9.67. The van der Waals surface area contributed by atoms with E-state index in [1.54, 1.807) is 0 Å². The number of aliphatic hydroxyl groups excluding tert-OH is 1. The number of nitrogens with zero attached hydrogens (tertiary/aromatic N) is 2. The molecule has 0 spiro atoms. The van der Waals surface area contributed by atoms with Crippen LogP contribution in [0.1, 0.15) is 39.7 Å². The average Bonchev–Trinajstić information content (AvgIpc) is 3.29. The average molecular weight is 537 g/mol. The van der Waals surface area contributed by atoms with Crippen LogP contribution in [0, 0.1) is 9.49 Å². The molecule has 8 heteroatoms. The van der Waals surface area contributed by atoms with Gasteiger partial charge < -0.3 is 10.4 Å². The third kappa shape index (κ3) is 4.55. The number of hydrogen-bond acceptors (Lipinski definition) is 6. The van der Waals surface area contributed by atoms with Crippen LogP contribution in [0.4, 0.5) is 10.2 Å². The molecule has 2 heterocycles. The Hall–Kier alpha value is -1.91. The maximum absolute atomic E-state index is 14.4. The number of benzene rings is 1. The van der Waals surface area contributed by atoms with Gasteiger partial charge in [-0.15, -0.1) is 11.3 Å². The number of halogens is 2. The van der Waals surface area contributed by atoms with Gasteiger partial charge in [-0.1, -0.05) is 19.1 Å². The number of carbonyl (C=O) groups excluding carboxylic acids is 1. The lowest BCUT2D eigenvalue weighted by Gasteiger charge is -2.18. The second kappa shape index (κ2) is 9.07. The van der Waals surface area contributed by atoms with Crippen molar-refractivity contribution in [2.75, 3.05) is 5.32 Å². The summed E-state index contributed by atoms with van der Waals surface area (Å²) in [6, 6.07) is 9.56. The van der Waals surface area contributed by atoms with Crippen molar-refractivity contribution in [2.45, 2.75) is 38.1 Å². The van der Waals surface area contributed by atoms with E-state index in [4.69, 9.17) is 0 Å². The summed E-state index contributed by atoms with van der Waals surface area (Å²) in [5, 5.41) is 14.9. The van der Waals surface area contributed by atoms with Gasteiger partial charge in [0.2, 0.25) is 5.78 Å². The zero-order valence-corrected chi connectivity index (χ0v) is 19.2. The smallest absolute Gasteiger partial charge is 0.208 e. The minimum absolute atomic E-state index is 0.153. The van der Waals surface area contributed by atoms with Gasteiger partial charge >= 0.3 is 0 Å². The largest absolute Gasteiger partial charge is 0.390 e. The molecule has 1 aliphatic rings. The maximum atomic E-state index is 14.4. The second-order valence-corrected chi connectivity index (χ2v) is 9.80. The predicted octanol–water partition coefficient (Wildman–Crippen LogP) is 4.48. The van der Waals surface area contributed by atoms with Crippen LogP contribution in [0.15, 0.2) is 48.2 Å². The Labute approximate surface area is 191 Å². The Morgan fingerprint density at radius 1 is 1.37 bits per heavy atom. The monoisotopic (exact) mass is 537 g/mol. The molecule has 4 atom stereocenters. The summed E-state index contributed by atoms with van der Waals surface area (Å²) < 4.78 is 15.5. The highest BCUT2D eigenvalue weighted by Gasteiger charge is 2.41. The first kappa shape index (κ1) is 21.3. The molecular formula is C22H21FIN3O2S. The van der Waals surface area contributed by atoms with Crippen molar-refractivity contribution < 1.29 is 14.3 Å². The molecule has 0 bridgehead atoms. The third-order valence-electron chi connectivity index (χ3n) is 5.37. The minimum atomic E-state index is -1.40. The van der Waals surface area contributed by atoms with Crippen LogP contribution >= 0.6 is 33.9 Å². The first-order valence-corrected chi connectivity index (χ1v) is 11.6. The molecule has 0 aliphatic heterocycles. The van der Waals surface area contributed by atoms with Gasteiger partial charge in [0.05, 0.1) is 22.6 Å². The van der Waals surface area contributed by atoms with Gasteiger partial charge in [0.1, 0.15) is 18.3 Å². The SMILES string of the molecule is C[C@@H]1C[C@@H](Nc2ncncc2C(=O)c2cc(Cc3cccc(I)c3)cs2)[C@@H](F)[C@@H]1O. The lowest BCUT2D eigenvalue weighted by atomic mass is 10.1. The van der Waals surface area contributed by atoms with E-state index in [0.717, 1.165) is 12.0 Å². The second-order valence-electron chi connectivity index (χ2n) is 7.64. The van der Waals surface area contributed by atoms with Gasteiger partial charge in [-0.3, -0.25) is 4.79 Å². The molecule has 0 saturated heterocycles. The van der Waals surface area contributed by atoms with Crippen LogP contribution < -0.4 is 5.32 Å². The van der Waals surface area contributed by atoms with Crippen molar-refractivity contribution in [1.29, 1.82) is 0 Å². The number of ketones is 1. The van der Waals surface area contributed by atoms with Gasteiger partial charge in [-0.2, -0.15) is 0 Å². The number of carbonyl (C=O) groups is 1. The van der Waals surface area contributed by atoms with Crippen LogP contribution in [0.5, 0.6) is 0 Å². The van der Waals surface area contributed by atoms with Crippen LogP contribution in [-0.4, -0.2) is 39.2 Å². The quantitative estimate of drug-likeness (QED) is 0.358. The molecule has 0 amide bonds. The Kier molecular flexibility index (Phi) is 6.45. The highest BCUT2D eigenvalue weighted by atomic mass is 127. The number of hydrogen-bond donors (Lipinski definition) is 2. The van der Waals surface area contributed by atoms with Crippen molar-refractivity contribution in [1.82, 2.24) is 9.97 Å². The summed E-state index contributed by atoms with van der Waals surface area (Å²) in [6.07, 6.45) is 1.60. The summed E-state index contributed by atoms with van der Waals surface area (Å²) in [5.41, 5.74) is 2.56. The molecule has 0 radical (unpaired) electrons. The first-order chi connectivity index (χ1) is 14.4. The predicted molar refractivity (Wildman–Crippen MR) is 124 cm³/mol. The fraction of sp³-hybridized carbons (Fsp3) is 0.318. The maximum Gasteiger partial charge on any atom is 0.208 e. The van der Waals surface area contributed by atoms with E-state index in [-0.39, 0.29) is 11.7 Å². The zero-order valence-electron chi connectivity index (χ0n) is 16.3. The van der Waals surface area contributed by atoms with Gasteiger partial charge in [0.15, 0.2) is 0 Å². The van der Waals surface area contributed by atoms with Gasteiger partial charge in [0, 0.05) is 9.77 Å². The van der Waals surface area contributed by atoms with Crippen LogP contribution in [0.3, 0.4) is 0 Å². The molecule has 2 aromatic heterocycles. The molecule has 156 valence electrons. The standard InChI is InChI=1S/C22H21FIN3O2S/c1-12-5-17(19(23)20(12)28)27-22-16(9-25-11-26-22)21(29)18-8-14(10-30-18)6-13-3-2-4-15(24)7-13/h2-4,7-12,17,19-20,28H,5-6H2,1H3,(H,25,26,27)/t12-,17-,19-,20-/m1/s1. The van der Waals surface area contributed by atoms with Crippen LogP contribution in [-0.2, 0) is 6.42 Å². The number of alkyl halides is 1. The van der Waals surface area contributed by atoms with Crippen LogP contribution in [0.2, 0.25) is 0 Å². The molecule has 30 heavy (non-hydrogen) atoms. The van der Waals surface area contributed by atoms with Crippen molar-refractivity contribution in [3.63, 3.8) is 0 Å². The van der Waals surface area contributed by atoms with E-state index in [1.807, 2.05) is 30.5 Å². The lowest BCUT2D eigenvalue weighted by molar-refractivity contribution is 0.0725. The highest BCUT2D eigenvalue weighted by Crippen LogP contribution is 2.32. The Morgan fingerprint density at radius 3 is 2.93 bits per heavy atom. The van der Waals surface area contributed by atoms with Crippen molar-refractivity contribution >= 4 is 45.5 Å². The summed E-state index contributed by atoms with van der Waals surface area (Å²) >= 11 is 3.66. The van der Waals surface area contributed by atoms with E-state index in [9.17, 15) is 14.3 Å². The Bertz CT molecular complexity index is 1060. The minimum Gasteiger partial charge on any atom is -0.390 e. The normalized spacial score (nSPS) is 23.5. The molecule has 1 aliphatic carbocycles. The van der Waals surface area contributed by atoms with Gasteiger partial charge in [0.25, 0.3) is 0 Å². The van der Waals surface area contributed by atoms with Gasteiger partial charge in [-0.05, 0) is 76.1 Å². The van der Waals surface area contributed by atoms with Crippen molar-refractivity contribution in [2.24, 2.45) is 5.92 Å². The summed E-state index contributed by atoms with van der Waals surface area (Å²) in [7, 11) is 0. The molecule has 1 fully saturated rings. The molecule has 4 rings (SSSR count).